The lowest BCUT2D eigenvalue weighted by Crippen LogP contribution is -2.00. The van der Waals surface area contributed by atoms with Gasteiger partial charge in [-0.05, 0) is 25.5 Å². The molecule has 94 valence electrons. The molecule has 0 bridgehead atoms. The van der Waals surface area contributed by atoms with Gasteiger partial charge < -0.3 is 4.74 Å². The van der Waals surface area contributed by atoms with E-state index in [-0.39, 0.29) is 4.83 Å². The van der Waals surface area contributed by atoms with Crippen LogP contribution in [-0.4, -0.2) is 6.61 Å². The highest BCUT2D eigenvalue weighted by Gasteiger charge is 2.15. The molecule has 0 aromatic heterocycles. The molecule has 1 unspecified atom stereocenters. The van der Waals surface area contributed by atoms with Crippen LogP contribution in [-0.2, 0) is 0 Å². The van der Waals surface area contributed by atoms with Gasteiger partial charge in [0.05, 0.1) is 11.4 Å². The van der Waals surface area contributed by atoms with E-state index < -0.39 is 0 Å². The average molecular weight is 305 g/mol. The lowest BCUT2D eigenvalue weighted by Gasteiger charge is -2.16. The van der Waals surface area contributed by atoms with Crippen molar-refractivity contribution in [3.05, 3.63) is 65.2 Å². The lowest BCUT2D eigenvalue weighted by atomic mass is 10.0. The number of rotatable bonds is 4. The van der Waals surface area contributed by atoms with Crippen LogP contribution in [0.15, 0.2) is 48.5 Å². The monoisotopic (exact) mass is 304 g/mol. The van der Waals surface area contributed by atoms with Crippen molar-refractivity contribution in [3.8, 4) is 5.75 Å². The first-order valence-corrected chi connectivity index (χ1v) is 7.06. The smallest absolute Gasteiger partial charge is 0.123 e. The summed E-state index contributed by atoms with van der Waals surface area (Å²) in [4.78, 5) is 0.167. The van der Waals surface area contributed by atoms with Crippen molar-refractivity contribution in [2.75, 3.05) is 6.61 Å². The van der Waals surface area contributed by atoms with Gasteiger partial charge in [0.15, 0.2) is 0 Å². The molecule has 2 aromatic carbocycles. The van der Waals surface area contributed by atoms with Gasteiger partial charge in [-0.25, -0.2) is 0 Å². The van der Waals surface area contributed by atoms with Crippen LogP contribution in [0.2, 0.25) is 0 Å². The van der Waals surface area contributed by atoms with Gasteiger partial charge in [0.2, 0.25) is 0 Å². The van der Waals surface area contributed by atoms with E-state index in [0.29, 0.717) is 6.61 Å². The minimum Gasteiger partial charge on any atom is -0.494 e. The summed E-state index contributed by atoms with van der Waals surface area (Å²) in [6, 6.07) is 16.7. The molecule has 0 aliphatic heterocycles. The predicted molar refractivity (Wildman–Crippen MR) is 79.6 cm³/mol. The van der Waals surface area contributed by atoms with Crippen LogP contribution in [0.4, 0.5) is 0 Å². The van der Waals surface area contributed by atoms with Gasteiger partial charge in [0.25, 0.3) is 0 Å². The van der Waals surface area contributed by atoms with Gasteiger partial charge >= 0.3 is 0 Å². The Balaban J connectivity index is 2.40. The summed E-state index contributed by atoms with van der Waals surface area (Å²) in [6.07, 6.45) is 0. The summed E-state index contributed by atoms with van der Waals surface area (Å²) >= 11 is 3.77. The van der Waals surface area contributed by atoms with Crippen molar-refractivity contribution in [2.24, 2.45) is 0 Å². The first-order chi connectivity index (χ1) is 8.72. The van der Waals surface area contributed by atoms with E-state index in [1.54, 1.807) is 0 Å². The molecule has 0 radical (unpaired) electrons. The van der Waals surface area contributed by atoms with Crippen molar-refractivity contribution in [1.29, 1.82) is 0 Å². The van der Waals surface area contributed by atoms with Crippen LogP contribution in [0.5, 0.6) is 5.75 Å². The molecule has 0 amide bonds. The maximum atomic E-state index is 5.70. The Morgan fingerprint density at radius 1 is 1.11 bits per heavy atom. The number of alkyl halides is 1. The Morgan fingerprint density at radius 2 is 1.83 bits per heavy atom. The van der Waals surface area contributed by atoms with Gasteiger partial charge in [-0.2, -0.15) is 0 Å². The van der Waals surface area contributed by atoms with Crippen molar-refractivity contribution in [3.63, 3.8) is 0 Å². The van der Waals surface area contributed by atoms with Gasteiger partial charge in [0.1, 0.15) is 5.75 Å². The lowest BCUT2D eigenvalue weighted by molar-refractivity contribution is 0.337. The average Bonchev–Trinajstić information content (AvgIpc) is 2.41. The molecule has 0 saturated carbocycles. The number of ether oxygens (including phenoxy) is 1. The van der Waals surface area contributed by atoms with Crippen LogP contribution in [0.25, 0.3) is 0 Å². The Bertz CT molecular complexity index is 508. The van der Waals surface area contributed by atoms with Gasteiger partial charge in [-0.3, -0.25) is 0 Å². The zero-order chi connectivity index (χ0) is 13.0. The van der Waals surface area contributed by atoms with E-state index >= 15 is 0 Å². The number of hydrogen-bond donors (Lipinski definition) is 0. The number of hydrogen-bond acceptors (Lipinski definition) is 1. The van der Waals surface area contributed by atoms with E-state index in [0.717, 1.165) is 5.75 Å². The van der Waals surface area contributed by atoms with Crippen LogP contribution in [0.3, 0.4) is 0 Å². The molecule has 0 fully saturated rings. The van der Waals surface area contributed by atoms with E-state index in [2.05, 4.69) is 59.3 Å². The molecule has 2 rings (SSSR count). The standard InChI is InChI=1S/C16H17BrO/c1-3-18-15-10-9-12(2)11-14(15)16(17)13-7-5-4-6-8-13/h4-11,16H,3H2,1-2H3. The Labute approximate surface area is 117 Å². The minimum atomic E-state index is 0.167. The van der Waals surface area contributed by atoms with Crippen molar-refractivity contribution in [1.82, 2.24) is 0 Å². The van der Waals surface area contributed by atoms with Crippen LogP contribution in [0, 0.1) is 6.92 Å². The highest BCUT2D eigenvalue weighted by Crippen LogP contribution is 2.37. The summed E-state index contributed by atoms with van der Waals surface area (Å²) in [6.45, 7) is 4.80. The zero-order valence-corrected chi connectivity index (χ0v) is 12.3. The molecule has 1 nitrogen and oxygen atoms in total. The van der Waals surface area contributed by atoms with Crippen LogP contribution < -0.4 is 4.74 Å². The minimum absolute atomic E-state index is 0.167. The molecule has 0 aliphatic carbocycles. The number of aryl methyl sites for hydroxylation is 1. The SMILES string of the molecule is CCOc1ccc(C)cc1C(Br)c1ccccc1. The summed E-state index contributed by atoms with van der Waals surface area (Å²) in [7, 11) is 0. The van der Waals surface area contributed by atoms with Crippen LogP contribution in [0.1, 0.15) is 28.4 Å². The summed E-state index contributed by atoms with van der Waals surface area (Å²) in [5.41, 5.74) is 3.67. The second-order valence-corrected chi connectivity index (χ2v) is 5.16. The van der Waals surface area contributed by atoms with E-state index in [4.69, 9.17) is 4.74 Å². The molecular weight excluding hydrogens is 288 g/mol. The highest BCUT2D eigenvalue weighted by atomic mass is 79.9. The molecule has 0 heterocycles. The highest BCUT2D eigenvalue weighted by molar-refractivity contribution is 9.09. The molecule has 1 atom stereocenters. The fourth-order valence-electron chi connectivity index (χ4n) is 1.95. The van der Waals surface area contributed by atoms with E-state index in [1.807, 2.05) is 19.1 Å². The third-order valence-electron chi connectivity index (χ3n) is 2.83. The van der Waals surface area contributed by atoms with Gasteiger partial charge in [-0.1, -0.05) is 64.0 Å². The van der Waals surface area contributed by atoms with E-state index in [9.17, 15) is 0 Å². The molecule has 0 saturated heterocycles. The molecule has 18 heavy (non-hydrogen) atoms. The maximum Gasteiger partial charge on any atom is 0.123 e. The quantitative estimate of drug-likeness (QED) is 0.732. The van der Waals surface area contributed by atoms with Crippen LogP contribution >= 0.6 is 15.9 Å². The first kappa shape index (κ1) is 13.2. The normalized spacial score (nSPS) is 12.2. The fraction of sp³-hybridized carbons (Fsp3) is 0.250. The van der Waals surface area contributed by atoms with Gasteiger partial charge in [-0.15, -0.1) is 0 Å². The van der Waals surface area contributed by atoms with E-state index in [1.165, 1.54) is 16.7 Å². The molecule has 0 aliphatic rings. The summed E-state index contributed by atoms with van der Waals surface area (Å²) in [5, 5.41) is 0. The van der Waals surface area contributed by atoms with Crippen molar-refractivity contribution < 1.29 is 4.74 Å². The number of benzene rings is 2. The zero-order valence-electron chi connectivity index (χ0n) is 10.7. The third-order valence-corrected chi connectivity index (χ3v) is 3.85. The summed E-state index contributed by atoms with van der Waals surface area (Å²) < 4.78 is 5.70. The van der Waals surface area contributed by atoms with Crippen molar-refractivity contribution >= 4 is 15.9 Å². The first-order valence-electron chi connectivity index (χ1n) is 6.14. The fourth-order valence-corrected chi connectivity index (χ4v) is 2.62. The maximum absolute atomic E-state index is 5.70. The number of halogens is 1. The van der Waals surface area contributed by atoms with Gasteiger partial charge in [0, 0.05) is 5.56 Å². The topological polar surface area (TPSA) is 9.23 Å². The second kappa shape index (κ2) is 6.05. The predicted octanol–water partition coefficient (Wildman–Crippen LogP) is 4.88. The Kier molecular flexibility index (Phi) is 4.43. The Morgan fingerprint density at radius 3 is 2.50 bits per heavy atom. The second-order valence-electron chi connectivity index (χ2n) is 4.25. The largest absolute Gasteiger partial charge is 0.494 e. The molecule has 2 heteroatoms. The Hall–Kier alpha value is -1.28. The molecule has 0 N–H and O–H groups in total. The molecular formula is C16H17BrO. The molecule has 0 spiro atoms. The van der Waals surface area contributed by atoms with Crippen molar-refractivity contribution in [2.45, 2.75) is 18.7 Å². The summed E-state index contributed by atoms with van der Waals surface area (Å²) in [5.74, 6) is 0.953. The third kappa shape index (κ3) is 2.94. The molecule has 2 aromatic rings.